The van der Waals surface area contributed by atoms with Gasteiger partial charge in [0.2, 0.25) is 0 Å². The highest BCUT2D eigenvalue weighted by molar-refractivity contribution is 6.05. The van der Waals surface area contributed by atoms with Crippen molar-refractivity contribution in [1.29, 1.82) is 0 Å². The Morgan fingerprint density at radius 3 is 2.80 bits per heavy atom. The molecule has 188 valence electrons. The van der Waals surface area contributed by atoms with E-state index in [9.17, 15) is 22.8 Å². The van der Waals surface area contributed by atoms with Crippen LogP contribution in [0.2, 0.25) is 0 Å². The maximum Gasteiger partial charge on any atom is 0.405 e. The number of nitrogens with one attached hydrogen (secondary N) is 2. The fourth-order valence-electron chi connectivity index (χ4n) is 3.95. The van der Waals surface area contributed by atoms with E-state index in [0.717, 1.165) is 6.54 Å². The van der Waals surface area contributed by atoms with Gasteiger partial charge in [0, 0.05) is 31.9 Å². The summed E-state index contributed by atoms with van der Waals surface area (Å²) < 4.78 is 43.2. The topological polar surface area (TPSA) is 103 Å². The molecule has 2 bridgehead atoms. The van der Waals surface area contributed by atoms with E-state index in [4.69, 9.17) is 4.74 Å². The van der Waals surface area contributed by atoms with Gasteiger partial charge < -0.3 is 19.9 Å². The lowest BCUT2D eigenvalue weighted by molar-refractivity contribution is -0.123. The summed E-state index contributed by atoms with van der Waals surface area (Å²) in [5.41, 5.74) is 0.428. The first-order chi connectivity index (χ1) is 16.6. The van der Waals surface area contributed by atoms with Crippen molar-refractivity contribution in [3.05, 3.63) is 36.2 Å². The number of amides is 3. The second kappa shape index (κ2) is 9.94. The Morgan fingerprint density at radius 1 is 1.26 bits per heavy atom. The SMILES string of the molecule is CN(C)CCOc1ccnc(NC(=O)N2c3nc(C(=O)NCC(F)(F)F)ccc3N3CCC2C3)c1. The molecular formula is C22H26F3N7O3. The van der Waals surface area contributed by atoms with Crippen LogP contribution in [-0.2, 0) is 0 Å². The number of rotatable bonds is 7. The van der Waals surface area contributed by atoms with Crippen LogP contribution in [0.3, 0.4) is 0 Å². The monoisotopic (exact) mass is 493 g/mol. The number of anilines is 3. The van der Waals surface area contributed by atoms with Gasteiger partial charge in [-0.3, -0.25) is 15.0 Å². The Labute approximate surface area is 200 Å². The van der Waals surface area contributed by atoms with E-state index in [2.05, 4.69) is 15.3 Å². The standard InChI is InChI=1S/C22H26F3N7O3/c1-30(2)9-10-35-15-5-7-26-18(11-15)29-21(34)32-14-6-8-31(12-14)17-4-3-16(28-19(17)32)20(33)27-13-22(23,24)25/h3-5,7,11,14H,6,8-10,12-13H2,1-2H3,(H,27,33)(H,26,29,34). The summed E-state index contributed by atoms with van der Waals surface area (Å²) in [4.78, 5) is 39.4. The summed E-state index contributed by atoms with van der Waals surface area (Å²) in [6, 6.07) is 5.54. The van der Waals surface area contributed by atoms with Crippen LogP contribution in [0.5, 0.6) is 5.75 Å². The normalized spacial score (nSPS) is 16.8. The van der Waals surface area contributed by atoms with E-state index in [1.807, 2.05) is 29.2 Å². The van der Waals surface area contributed by atoms with Crippen molar-refractivity contribution in [2.45, 2.75) is 18.6 Å². The highest BCUT2D eigenvalue weighted by Gasteiger charge is 2.40. The predicted octanol–water partition coefficient (Wildman–Crippen LogP) is 2.34. The lowest BCUT2D eigenvalue weighted by Crippen LogP contribution is -2.48. The molecule has 3 amide bonds. The number of pyridine rings is 2. The van der Waals surface area contributed by atoms with Gasteiger partial charge in [0.1, 0.15) is 30.4 Å². The summed E-state index contributed by atoms with van der Waals surface area (Å²) in [7, 11) is 3.86. The van der Waals surface area contributed by atoms with Gasteiger partial charge in [0.15, 0.2) is 5.82 Å². The second-order valence-corrected chi connectivity index (χ2v) is 8.55. The first-order valence-electron chi connectivity index (χ1n) is 11.1. The second-order valence-electron chi connectivity index (χ2n) is 8.55. The number of fused-ring (bicyclic) bond motifs is 4. The molecule has 4 heterocycles. The van der Waals surface area contributed by atoms with Crippen molar-refractivity contribution >= 4 is 29.3 Å². The molecule has 4 rings (SSSR count). The number of hydrogen-bond acceptors (Lipinski definition) is 7. The summed E-state index contributed by atoms with van der Waals surface area (Å²) in [5, 5.41) is 4.56. The predicted molar refractivity (Wildman–Crippen MR) is 123 cm³/mol. The van der Waals surface area contributed by atoms with Gasteiger partial charge in [-0.25, -0.2) is 14.8 Å². The zero-order chi connectivity index (χ0) is 25.2. The largest absolute Gasteiger partial charge is 0.492 e. The minimum Gasteiger partial charge on any atom is -0.492 e. The average molecular weight is 493 g/mol. The molecule has 2 N–H and O–H groups in total. The molecule has 35 heavy (non-hydrogen) atoms. The fraction of sp³-hybridized carbons (Fsp3) is 0.455. The molecule has 2 aromatic heterocycles. The smallest absolute Gasteiger partial charge is 0.405 e. The summed E-state index contributed by atoms with van der Waals surface area (Å²) in [5.74, 6) is 0.0697. The van der Waals surface area contributed by atoms with Crippen LogP contribution >= 0.6 is 0 Å². The van der Waals surface area contributed by atoms with Crippen molar-refractivity contribution in [2.24, 2.45) is 0 Å². The van der Waals surface area contributed by atoms with Gasteiger partial charge in [-0.15, -0.1) is 0 Å². The molecule has 2 aliphatic heterocycles. The van der Waals surface area contributed by atoms with E-state index in [1.165, 1.54) is 17.2 Å². The lowest BCUT2D eigenvalue weighted by Gasteiger charge is -2.35. The molecule has 0 aromatic carbocycles. The molecule has 10 nitrogen and oxygen atoms in total. The van der Waals surface area contributed by atoms with Crippen molar-refractivity contribution in [1.82, 2.24) is 20.2 Å². The van der Waals surface area contributed by atoms with Gasteiger partial charge in [0.05, 0.1) is 11.7 Å². The van der Waals surface area contributed by atoms with Crippen LogP contribution in [0.1, 0.15) is 16.9 Å². The number of hydrogen-bond donors (Lipinski definition) is 2. The molecule has 0 radical (unpaired) electrons. The quantitative estimate of drug-likeness (QED) is 0.610. The number of carbonyl (C=O) groups is 2. The number of likely N-dealkylation sites (N-methyl/N-ethyl adjacent to an activating group) is 1. The Bertz CT molecular complexity index is 1100. The van der Waals surface area contributed by atoms with Crippen molar-refractivity contribution in [3.63, 3.8) is 0 Å². The van der Waals surface area contributed by atoms with Crippen LogP contribution in [0, 0.1) is 0 Å². The minimum atomic E-state index is -4.54. The summed E-state index contributed by atoms with van der Waals surface area (Å²) in [6.07, 6.45) is -2.35. The molecule has 1 saturated heterocycles. The highest BCUT2D eigenvalue weighted by atomic mass is 19.4. The number of ether oxygens (including phenoxy) is 1. The van der Waals surface area contributed by atoms with Crippen LogP contribution in [0.15, 0.2) is 30.5 Å². The average Bonchev–Trinajstić information content (AvgIpc) is 3.21. The molecule has 1 fully saturated rings. The Morgan fingerprint density at radius 2 is 2.06 bits per heavy atom. The van der Waals surface area contributed by atoms with E-state index in [0.29, 0.717) is 37.6 Å². The molecule has 2 aromatic rings. The van der Waals surface area contributed by atoms with Gasteiger partial charge in [-0.05, 0) is 38.7 Å². The third-order valence-corrected chi connectivity index (χ3v) is 5.63. The molecule has 0 aliphatic carbocycles. The lowest BCUT2D eigenvalue weighted by atomic mass is 10.1. The minimum absolute atomic E-state index is 0.206. The van der Waals surface area contributed by atoms with Crippen LogP contribution in [0.4, 0.5) is 35.3 Å². The van der Waals surface area contributed by atoms with Crippen molar-refractivity contribution in [3.8, 4) is 5.75 Å². The number of urea groups is 1. The number of halogens is 3. The van der Waals surface area contributed by atoms with Gasteiger partial charge in [-0.1, -0.05) is 0 Å². The summed E-state index contributed by atoms with van der Waals surface area (Å²) >= 11 is 0. The molecular weight excluding hydrogens is 467 g/mol. The van der Waals surface area contributed by atoms with Gasteiger partial charge >= 0.3 is 12.2 Å². The maximum absolute atomic E-state index is 13.3. The zero-order valence-electron chi connectivity index (χ0n) is 19.3. The van der Waals surface area contributed by atoms with Gasteiger partial charge in [0.25, 0.3) is 5.91 Å². The zero-order valence-corrected chi connectivity index (χ0v) is 19.3. The van der Waals surface area contributed by atoms with Crippen LogP contribution in [-0.4, -0.2) is 85.9 Å². The molecule has 0 spiro atoms. The van der Waals surface area contributed by atoms with E-state index in [1.54, 1.807) is 18.2 Å². The van der Waals surface area contributed by atoms with Crippen LogP contribution < -0.4 is 25.2 Å². The van der Waals surface area contributed by atoms with E-state index < -0.39 is 24.7 Å². The first kappa shape index (κ1) is 24.5. The highest BCUT2D eigenvalue weighted by Crippen LogP contribution is 2.39. The van der Waals surface area contributed by atoms with Crippen LogP contribution in [0.25, 0.3) is 0 Å². The van der Waals surface area contributed by atoms with Crippen molar-refractivity contribution in [2.75, 3.05) is 62.0 Å². The third-order valence-electron chi connectivity index (χ3n) is 5.63. The van der Waals surface area contributed by atoms with E-state index >= 15 is 0 Å². The number of carbonyl (C=O) groups excluding carboxylic acids is 2. The first-order valence-corrected chi connectivity index (χ1v) is 11.1. The molecule has 13 heteroatoms. The molecule has 1 unspecified atom stereocenters. The third kappa shape index (κ3) is 5.91. The molecule has 1 atom stereocenters. The van der Waals surface area contributed by atoms with E-state index in [-0.39, 0.29) is 23.4 Å². The maximum atomic E-state index is 13.3. The Hall–Kier alpha value is -3.61. The molecule has 0 saturated carbocycles. The number of alkyl halides is 3. The Balaban J connectivity index is 1.52. The number of aromatic nitrogens is 2. The molecule has 2 aliphatic rings. The van der Waals surface area contributed by atoms with Crippen molar-refractivity contribution < 1.29 is 27.5 Å². The number of nitrogens with zero attached hydrogens (tertiary/aromatic N) is 5. The fourth-order valence-corrected chi connectivity index (χ4v) is 3.95. The Kier molecular flexibility index (Phi) is 6.96. The summed E-state index contributed by atoms with van der Waals surface area (Å²) in [6.45, 7) is 0.989. The van der Waals surface area contributed by atoms with Gasteiger partial charge in [-0.2, -0.15) is 13.2 Å².